The third-order valence-corrected chi connectivity index (χ3v) is 3.07. The minimum Gasteiger partial charge on any atom is -0.510 e. The number of aliphatic hydroxyl groups is 1. The van der Waals surface area contributed by atoms with E-state index in [-0.39, 0.29) is 6.04 Å². The van der Waals surface area contributed by atoms with Gasteiger partial charge in [-0.15, -0.1) is 0 Å². The Balaban J connectivity index is 2.21. The van der Waals surface area contributed by atoms with E-state index < -0.39 is 0 Å². The quantitative estimate of drug-likeness (QED) is 0.619. The highest BCUT2D eigenvalue weighted by Gasteiger charge is 2.30. The molecule has 3 nitrogen and oxygen atoms in total. The number of aliphatic hydroxyl groups excluding tert-OH is 1. The fraction of sp³-hybridized carbons (Fsp3) is 0.700. The van der Waals surface area contributed by atoms with E-state index >= 15 is 0 Å². The van der Waals surface area contributed by atoms with Crippen molar-refractivity contribution in [2.45, 2.75) is 31.7 Å². The Bertz CT molecular complexity index is 247. The van der Waals surface area contributed by atoms with Gasteiger partial charge in [0.1, 0.15) is 12.0 Å². The Morgan fingerprint density at radius 2 is 2.23 bits per heavy atom. The van der Waals surface area contributed by atoms with Crippen LogP contribution in [0.25, 0.3) is 0 Å². The van der Waals surface area contributed by atoms with Crippen molar-refractivity contribution in [1.29, 1.82) is 0 Å². The largest absolute Gasteiger partial charge is 0.510 e. The topological polar surface area (TPSA) is 40.5 Å². The second-order valence-corrected chi connectivity index (χ2v) is 3.83. The molecule has 1 saturated heterocycles. The second kappa shape index (κ2) is 3.50. The third-order valence-electron chi connectivity index (χ3n) is 3.07. The fourth-order valence-corrected chi connectivity index (χ4v) is 2.29. The van der Waals surface area contributed by atoms with Gasteiger partial charge in [-0.25, -0.2) is 0 Å². The molecule has 2 rings (SSSR count). The molecule has 0 saturated carbocycles. The molecular weight excluding hydrogens is 166 g/mol. The maximum Gasteiger partial charge on any atom is 0.149 e. The van der Waals surface area contributed by atoms with Crippen molar-refractivity contribution in [3.63, 3.8) is 0 Å². The van der Waals surface area contributed by atoms with Crippen molar-refractivity contribution < 1.29 is 9.90 Å². The normalized spacial score (nSPS) is 30.0. The van der Waals surface area contributed by atoms with Crippen LogP contribution in [0.15, 0.2) is 11.3 Å². The summed E-state index contributed by atoms with van der Waals surface area (Å²) in [7, 11) is 0. The average Bonchev–Trinajstić information content (AvgIpc) is 2.19. The minimum atomic E-state index is 0.141. The summed E-state index contributed by atoms with van der Waals surface area (Å²) in [5.41, 5.74) is 0.614. The van der Waals surface area contributed by atoms with Gasteiger partial charge in [0.05, 0.1) is 6.04 Å². The van der Waals surface area contributed by atoms with Crippen molar-refractivity contribution in [2.75, 3.05) is 13.1 Å². The molecule has 1 fully saturated rings. The molecule has 0 aromatic heterocycles. The van der Waals surface area contributed by atoms with Gasteiger partial charge < -0.3 is 5.11 Å². The number of nitrogens with zero attached hydrogens (tertiary/aromatic N) is 1. The monoisotopic (exact) mass is 181 g/mol. The maximum atomic E-state index is 10.6. The van der Waals surface area contributed by atoms with Crippen molar-refractivity contribution in [2.24, 2.45) is 0 Å². The summed E-state index contributed by atoms with van der Waals surface area (Å²) in [6.07, 6.45) is 4.91. The van der Waals surface area contributed by atoms with E-state index in [1.165, 1.54) is 6.42 Å². The summed E-state index contributed by atoms with van der Waals surface area (Å²) in [5, 5.41) is 9.77. The van der Waals surface area contributed by atoms with Gasteiger partial charge in [0.15, 0.2) is 0 Å². The molecular formula is C10H15NO2. The molecule has 0 aromatic rings. The highest BCUT2D eigenvalue weighted by Crippen LogP contribution is 2.28. The van der Waals surface area contributed by atoms with Crippen molar-refractivity contribution >= 4 is 6.29 Å². The van der Waals surface area contributed by atoms with Crippen LogP contribution in [-0.4, -0.2) is 35.4 Å². The number of fused-ring (bicyclic) bond motifs is 1. The summed E-state index contributed by atoms with van der Waals surface area (Å²) in [4.78, 5) is 12.9. The minimum absolute atomic E-state index is 0.141. The third kappa shape index (κ3) is 1.48. The molecule has 0 amide bonds. The molecule has 0 spiro atoms. The highest BCUT2D eigenvalue weighted by atomic mass is 16.3. The Morgan fingerprint density at radius 3 is 3.00 bits per heavy atom. The number of carbonyl (C=O) groups excluding carboxylic acids is 1. The first-order valence-electron chi connectivity index (χ1n) is 4.94. The summed E-state index contributed by atoms with van der Waals surface area (Å²) < 4.78 is 0. The highest BCUT2D eigenvalue weighted by molar-refractivity contribution is 5.74. The van der Waals surface area contributed by atoms with Gasteiger partial charge in [-0.1, -0.05) is 6.42 Å². The van der Waals surface area contributed by atoms with Crippen LogP contribution in [0.4, 0.5) is 0 Å². The molecule has 72 valence electrons. The number of hydrogen-bond donors (Lipinski definition) is 1. The molecule has 13 heavy (non-hydrogen) atoms. The number of aldehydes is 1. The van der Waals surface area contributed by atoms with E-state index in [1.54, 1.807) is 0 Å². The van der Waals surface area contributed by atoms with Crippen LogP contribution in [0.5, 0.6) is 0 Å². The maximum absolute atomic E-state index is 10.6. The van der Waals surface area contributed by atoms with Crippen LogP contribution >= 0.6 is 0 Å². The van der Waals surface area contributed by atoms with Crippen LogP contribution in [0.1, 0.15) is 25.7 Å². The smallest absolute Gasteiger partial charge is 0.149 e. The molecule has 0 aromatic carbocycles. The van der Waals surface area contributed by atoms with Crippen LogP contribution in [-0.2, 0) is 4.79 Å². The van der Waals surface area contributed by atoms with Gasteiger partial charge in [0.2, 0.25) is 0 Å². The molecule has 0 bridgehead atoms. The lowest BCUT2D eigenvalue weighted by molar-refractivity contribution is -0.105. The van der Waals surface area contributed by atoms with Crippen LogP contribution < -0.4 is 0 Å². The van der Waals surface area contributed by atoms with Gasteiger partial charge >= 0.3 is 0 Å². The fourth-order valence-electron chi connectivity index (χ4n) is 2.29. The van der Waals surface area contributed by atoms with E-state index in [1.807, 2.05) is 0 Å². The molecule has 3 heteroatoms. The second-order valence-electron chi connectivity index (χ2n) is 3.83. The van der Waals surface area contributed by atoms with Crippen LogP contribution in [0, 0.1) is 0 Å². The predicted molar refractivity (Wildman–Crippen MR) is 49.5 cm³/mol. The standard InChI is InChI=1S/C10H15NO2/c12-7-8-4-6-11-5-2-1-3-9(11)10(8)13/h7,9,13H,1-6H2. The van der Waals surface area contributed by atoms with Crippen LogP contribution in [0.3, 0.4) is 0 Å². The number of piperidine rings is 1. The zero-order valence-electron chi connectivity index (χ0n) is 7.70. The van der Waals surface area contributed by atoms with Crippen molar-refractivity contribution in [3.8, 4) is 0 Å². The Labute approximate surface area is 78.0 Å². The van der Waals surface area contributed by atoms with Gasteiger partial charge in [0.25, 0.3) is 0 Å². The molecule has 2 aliphatic rings. The number of carbonyl (C=O) groups is 1. The predicted octanol–water partition coefficient (Wildman–Crippen LogP) is 1.26. The Morgan fingerprint density at radius 1 is 1.38 bits per heavy atom. The van der Waals surface area contributed by atoms with E-state index in [2.05, 4.69) is 4.90 Å². The zero-order valence-corrected chi connectivity index (χ0v) is 7.70. The summed E-state index contributed by atoms with van der Waals surface area (Å²) in [6, 6.07) is 0.141. The lowest BCUT2D eigenvalue weighted by Crippen LogP contribution is -2.44. The molecule has 1 unspecified atom stereocenters. The molecule has 2 aliphatic heterocycles. The number of rotatable bonds is 1. The molecule has 1 atom stereocenters. The Hall–Kier alpha value is -0.830. The van der Waals surface area contributed by atoms with Crippen molar-refractivity contribution in [3.05, 3.63) is 11.3 Å². The van der Waals surface area contributed by atoms with Crippen LogP contribution in [0.2, 0.25) is 0 Å². The van der Waals surface area contributed by atoms with E-state index in [0.29, 0.717) is 17.8 Å². The zero-order chi connectivity index (χ0) is 9.26. The first-order chi connectivity index (χ1) is 6.33. The summed E-state index contributed by atoms with van der Waals surface area (Å²) in [6.45, 7) is 2.00. The lowest BCUT2D eigenvalue weighted by Gasteiger charge is -2.38. The average molecular weight is 181 g/mol. The van der Waals surface area contributed by atoms with Crippen molar-refractivity contribution in [1.82, 2.24) is 4.90 Å². The van der Waals surface area contributed by atoms with E-state index in [9.17, 15) is 9.90 Å². The first-order valence-corrected chi connectivity index (χ1v) is 4.94. The van der Waals surface area contributed by atoms with Gasteiger partial charge in [-0.05, 0) is 25.8 Å². The summed E-state index contributed by atoms with van der Waals surface area (Å²) >= 11 is 0. The Kier molecular flexibility index (Phi) is 2.36. The molecule has 0 radical (unpaired) electrons. The molecule has 0 aliphatic carbocycles. The van der Waals surface area contributed by atoms with E-state index in [0.717, 1.165) is 32.2 Å². The van der Waals surface area contributed by atoms with Gasteiger partial charge in [0, 0.05) is 12.1 Å². The number of hydrogen-bond acceptors (Lipinski definition) is 3. The SMILES string of the molecule is O=CC1=C(O)C2CCCCN2CC1. The first kappa shape index (κ1) is 8.75. The lowest BCUT2D eigenvalue weighted by atomic mass is 9.93. The summed E-state index contributed by atoms with van der Waals surface area (Å²) in [5.74, 6) is 0.334. The molecule has 2 heterocycles. The van der Waals surface area contributed by atoms with E-state index in [4.69, 9.17) is 0 Å². The van der Waals surface area contributed by atoms with Gasteiger partial charge in [-0.3, -0.25) is 9.69 Å². The molecule has 1 N–H and O–H groups in total. The van der Waals surface area contributed by atoms with Gasteiger partial charge in [-0.2, -0.15) is 0 Å².